The number of hydrogen-bond acceptors (Lipinski definition) is 2. The van der Waals surface area contributed by atoms with E-state index < -0.39 is 0 Å². The maximum absolute atomic E-state index is 5.76. The molecular formula is C14H21BrN2. The summed E-state index contributed by atoms with van der Waals surface area (Å²) >= 11 is 3.60. The summed E-state index contributed by atoms with van der Waals surface area (Å²) in [5, 5.41) is 0. The fourth-order valence-corrected chi connectivity index (χ4v) is 3.00. The number of nitrogens with zero attached hydrogens (tertiary/aromatic N) is 1. The van der Waals surface area contributed by atoms with Gasteiger partial charge in [-0.1, -0.05) is 28.1 Å². The van der Waals surface area contributed by atoms with Crippen LogP contribution in [-0.4, -0.2) is 24.0 Å². The molecule has 3 heteroatoms. The first kappa shape index (κ1) is 13.1. The Morgan fingerprint density at radius 3 is 2.82 bits per heavy atom. The average molecular weight is 297 g/mol. The lowest BCUT2D eigenvalue weighted by atomic mass is 10.1. The van der Waals surface area contributed by atoms with Crippen molar-refractivity contribution in [3.63, 3.8) is 0 Å². The van der Waals surface area contributed by atoms with Gasteiger partial charge in [-0.05, 0) is 49.9 Å². The van der Waals surface area contributed by atoms with E-state index in [-0.39, 0.29) is 0 Å². The summed E-state index contributed by atoms with van der Waals surface area (Å²) in [5.74, 6) is 0.680. The zero-order chi connectivity index (χ0) is 12.4. The van der Waals surface area contributed by atoms with E-state index in [1.165, 1.54) is 22.0 Å². The topological polar surface area (TPSA) is 29.3 Å². The van der Waals surface area contributed by atoms with Gasteiger partial charge in [0.25, 0.3) is 0 Å². The van der Waals surface area contributed by atoms with Gasteiger partial charge in [-0.2, -0.15) is 0 Å². The lowest BCUT2D eigenvalue weighted by molar-refractivity contribution is 0.256. The predicted octanol–water partition coefficient (Wildman–Crippen LogP) is 2.93. The lowest BCUT2D eigenvalue weighted by Gasteiger charge is -2.21. The second-order valence-electron chi connectivity index (χ2n) is 5.20. The first-order chi connectivity index (χ1) is 8.10. The van der Waals surface area contributed by atoms with Gasteiger partial charge in [-0.15, -0.1) is 0 Å². The van der Waals surface area contributed by atoms with Crippen LogP contribution in [0.4, 0.5) is 0 Å². The highest BCUT2D eigenvalue weighted by molar-refractivity contribution is 9.10. The highest BCUT2D eigenvalue weighted by atomic mass is 79.9. The molecule has 2 nitrogen and oxygen atoms in total. The third-order valence-electron chi connectivity index (χ3n) is 3.75. The van der Waals surface area contributed by atoms with Crippen molar-refractivity contribution < 1.29 is 0 Å². The normalized spacial score (nSPS) is 25.4. The molecule has 2 rings (SSSR count). The van der Waals surface area contributed by atoms with Gasteiger partial charge >= 0.3 is 0 Å². The zero-order valence-electron chi connectivity index (χ0n) is 10.6. The van der Waals surface area contributed by atoms with E-state index in [9.17, 15) is 0 Å². The van der Waals surface area contributed by atoms with E-state index in [2.05, 4.69) is 52.9 Å². The maximum atomic E-state index is 5.76. The average Bonchev–Trinajstić information content (AvgIpc) is 2.65. The van der Waals surface area contributed by atoms with Gasteiger partial charge in [0, 0.05) is 23.6 Å². The molecule has 2 unspecified atom stereocenters. The molecule has 0 radical (unpaired) electrons. The largest absolute Gasteiger partial charge is 0.330 e. The van der Waals surface area contributed by atoms with Crippen molar-refractivity contribution in [3.05, 3.63) is 33.8 Å². The molecule has 2 N–H and O–H groups in total. The molecule has 17 heavy (non-hydrogen) atoms. The van der Waals surface area contributed by atoms with E-state index >= 15 is 0 Å². The Kier molecular flexibility index (Phi) is 4.23. The molecule has 0 saturated carbocycles. The Morgan fingerprint density at radius 2 is 2.24 bits per heavy atom. The Morgan fingerprint density at radius 1 is 1.47 bits per heavy atom. The second-order valence-corrected chi connectivity index (χ2v) is 6.05. The monoisotopic (exact) mass is 296 g/mol. The van der Waals surface area contributed by atoms with Crippen molar-refractivity contribution in [1.82, 2.24) is 4.90 Å². The van der Waals surface area contributed by atoms with E-state index in [1.807, 2.05) is 0 Å². The summed E-state index contributed by atoms with van der Waals surface area (Å²) in [5.41, 5.74) is 8.44. The van der Waals surface area contributed by atoms with Crippen molar-refractivity contribution in [2.75, 3.05) is 13.1 Å². The number of halogens is 1. The van der Waals surface area contributed by atoms with Gasteiger partial charge < -0.3 is 5.73 Å². The predicted molar refractivity (Wildman–Crippen MR) is 75.9 cm³/mol. The lowest BCUT2D eigenvalue weighted by Crippen LogP contribution is -2.27. The molecule has 1 fully saturated rings. The van der Waals surface area contributed by atoms with Crippen LogP contribution in [0, 0.1) is 12.8 Å². The van der Waals surface area contributed by atoms with E-state index in [1.54, 1.807) is 0 Å². The molecule has 0 spiro atoms. The van der Waals surface area contributed by atoms with Crippen LogP contribution in [0.2, 0.25) is 0 Å². The molecule has 1 aliphatic heterocycles. The van der Waals surface area contributed by atoms with Crippen LogP contribution in [0.15, 0.2) is 22.7 Å². The van der Waals surface area contributed by atoms with Crippen LogP contribution >= 0.6 is 15.9 Å². The number of hydrogen-bond donors (Lipinski definition) is 1. The Hall–Kier alpha value is -0.380. The molecule has 1 aromatic carbocycles. The highest BCUT2D eigenvalue weighted by Gasteiger charge is 2.27. The van der Waals surface area contributed by atoms with E-state index in [0.29, 0.717) is 12.0 Å². The van der Waals surface area contributed by atoms with Crippen molar-refractivity contribution >= 4 is 15.9 Å². The van der Waals surface area contributed by atoms with Gasteiger partial charge in [0.15, 0.2) is 0 Å². The minimum Gasteiger partial charge on any atom is -0.330 e. The summed E-state index contributed by atoms with van der Waals surface area (Å²) in [6.45, 7) is 7.42. The molecule has 0 amide bonds. The smallest absolute Gasteiger partial charge is 0.0237 e. The minimum atomic E-state index is 0.656. The number of nitrogens with two attached hydrogens (primary N) is 1. The van der Waals surface area contributed by atoms with Crippen LogP contribution in [0.3, 0.4) is 0 Å². The third kappa shape index (κ3) is 3.09. The molecule has 0 aromatic heterocycles. The van der Waals surface area contributed by atoms with Crippen LogP contribution < -0.4 is 5.73 Å². The molecule has 94 valence electrons. The summed E-state index contributed by atoms with van der Waals surface area (Å²) in [4.78, 5) is 2.54. The van der Waals surface area contributed by atoms with Crippen LogP contribution in [0.25, 0.3) is 0 Å². The second kappa shape index (κ2) is 5.51. The quantitative estimate of drug-likeness (QED) is 0.929. The van der Waals surface area contributed by atoms with Crippen molar-refractivity contribution in [3.8, 4) is 0 Å². The molecule has 1 saturated heterocycles. The number of benzene rings is 1. The maximum Gasteiger partial charge on any atom is 0.0237 e. The molecule has 0 bridgehead atoms. The van der Waals surface area contributed by atoms with E-state index in [4.69, 9.17) is 5.73 Å². The van der Waals surface area contributed by atoms with Crippen molar-refractivity contribution in [1.29, 1.82) is 0 Å². The van der Waals surface area contributed by atoms with Gasteiger partial charge in [-0.3, -0.25) is 4.90 Å². The van der Waals surface area contributed by atoms with Crippen molar-refractivity contribution in [2.45, 2.75) is 32.9 Å². The van der Waals surface area contributed by atoms with Gasteiger partial charge in [0.05, 0.1) is 0 Å². The van der Waals surface area contributed by atoms with Crippen LogP contribution in [0.1, 0.15) is 24.5 Å². The SMILES string of the molecule is Cc1ccc(CN2CC(CN)CC2C)cc1Br. The fourth-order valence-electron chi connectivity index (χ4n) is 2.58. The summed E-state index contributed by atoms with van der Waals surface area (Å²) in [7, 11) is 0. The summed E-state index contributed by atoms with van der Waals surface area (Å²) in [6, 6.07) is 7.30. The van der Waals surface area contributed by atoms with Crippen LogP contribution in [0.5, 0.6) is 0 Å². The van der Waals surface area contributed by atoms with Gasteiger partial charge in [-0.25, -0.2) is 0 Å². The molecule has 1 heterocycles. The molecule has 2 atom stereocenters. The number of rotatable bonds is 3. The summed E-state index contributed by atoms with van der Waals surface area (Å²) in [6.07, 6.45) is 1.24. The molecule has 1 aromatic rings. The Bertz CT molecular complexity index is 392. The first-order valence-corrected chi connectivity index (χ1v) is 7.08. The molecule has 1 aliphatic rings. The Balaban J connectivity index is 2.03. The molecule has 0 aliphatic carbocycles. The number of likely N-dealkylation sites (tertiary alicyclic amines) is 1. The summed E-state index contributed by atoms with van der Waals surface area (Å²) < 4.78 is 1.21. The van der Waals surface area contributed by atoms with Gasteiger partial charge in [0.1, 0.15) is 0 Å². The first-order valence-electron chi connectivity index (χ1n) is 6.29. The fraction of sp³-hybridized carbons (Fsp3) is 0.571. The molecular weight excluding hydrogens is 276 g/mol. The Labute approximate surface area is 112 Å². The van der Waals surface area contributed by atoms with Gasteiger partial charge in [0.2, 0.25) is 0 Å². The standard InChI is InChI=1S/C14H21BrN2/c1-10-3-4-12(6-14(10)15)8-17-9-13(7-16)5-11(17)2/h3-4,6,11,13H,5,7-9,16H2,1-2H3. The highest BCUT2D eigenvalue weighted by Crippen LogP contribution is 2.25. The minimum absolute atomic E-state index is 0.656. The third-order valence-corrected chi connectivity index (χ3v) is 4.60. The van der Waals surface area contributed by atoms with E-state index in [0.717, 1.165) is 19.6 Å². The zero-order valence-corrected chi connectivity index (χ0v) is 12.2. The van der Waals surface area contributed by atoms with Crippen molar-refractivity contribution in [2.24, 2.45) is 11.7 Å². The number of aryl methyl sites for hydroxylation is 1. The van der Waals surface area contributed by atoms with Crippen LogP contribution in [-0.2, 0) is 6.54 Å².